The van der Waals surface area contributed by atoms with Crippen molar-refractivity contribution in [3.63, 3.8) is 0 Å². The molecule has 2 fully saturated rings. The van der Waals surface area contributed by atoms with Crippen molar-refractivity contribution in [1.29, 1.82) is 0 Å². The van der Waals surface area contributed by atoms with Crippen molar-refractivity contribution >= 4 is 5.91 Å². The van der Waals surface area contributed by atoms with Crippen LogP contribution < -0.4 is 5.32 Å². The fourth-order valence-corrected chi connectivity index (χ4v) is 3.42. The van der Waals surface area contributed by atoms with Gasteiger partial charge in [0.05, 0.1) is 0 Å². The van der Waals surface area contributed by atoms with Crippen molar-refractivity contribution in [2.45, 2.75) is 64.6 Å². The summed E-state index contributed by atoms with van der Waals surface area (Å²) >= 11 is 0. The van der Waals surface area contributed by atoms with Gasteiger partial charge in [-0.2, -0.15) is 0 Å². The lowest BCUT2D eigenvalue weighted by Gasteiger charge is -2.26. The molecular weight excluding hydrogens is 260 g/mol. The van der Waals surface area contributed by atoms with Crippen molar-refractivity contribution in [3.8, 4) is 0 Å². The average molecular weight is 286 g/mol. The number of carbonyl (C=O) groups excluding carboxylic acids is 1. The van der Waals surface area contributed by atoms with Gasteiger partial charge in [0.2, 0.25) is 5.91 Å². The number of rotatable bonds is 5. The zero-order valence-corrected chi connectivity index (χ0v) is 13.4. The molecular formula is C18H26N2O. The second kappa shape index (κ2) is 5.45. The van der Waals surface area contributed by atoms with Crippen molar-refractivity contribution in [2.24, 2.45) is 0 Å². The number of carbonyl (C=O) groups is 1. The molecule has 3 rings (SSSR count). The van der Waals surface area contributed by atoms with Gasteiger partial charge in [-0.15, -0.1) is 0 Å². The van der Waals surface area contributed by atoms with Gasteiger partial charge in [0, 0.05) is 6.54 Å². The van der Waals surface area contributed by atoms with Gasteiger partial charge in [-0.25, -0.2) is 0 Å². The first-order valence-corrected chi connectivity index (χ1v) is 8.23. The molecule has 1 aliphatic heterocycles. The molecule has 3 nitrogen and oxygen atoms in total. The van der Waals surface area contributed by atoms with Crippen LogP contribution in [0.2, 0.25) is 0 Å². The Bertz CT molecular complexity index is 548. The van der Waals surface area contributed by atoms with Crippen molar-refractivity contribution in [3.05, 3.63) is 34.9 Å². The third-order valence-corrected chi connectivity index (χ3v) is 4.87. The number of hydrogen-bond acceptors (Lipinski definition) is 2. The first-order chi connectivity index (χ1) is 10.1. The maximum atomic E-state index is 12.7. The van der Waals surface area contributed by atoms with E-state index in [1.165, 1.54) is 29.5 Å². The van der Waals surface area contributed by atoms with E-state index < -0.39 is 0 Å². The normalized spacial score (nSPS) is 23.1. The fraction of sp³-hybridized carbons (Fsp3) is 0.611. The molecule has 1 saturated carbocycles. The number of nitrogens with zero attached hydrogens (tertiary/aromatic N) is 1. The van der Waals surface area contributed by atoms with Crippen LogP contribution in [0.4, 0.5) is 0 Å². The molecule has 1 atom stereocenters. The molecule has 0 bridgehead atoms. The third-order valence-electron chi connectivity index (χ3n) is 4.87. The van der Waals surface area contributed by atoms with E-state index in [2.05, 4.69) is 49.2 Å². The summed E-state index contributed by atoms with van der Waals surface area (Å²) in [6.07, 6.45) is 5.54. The smallest absolute Gasteiger partial charge is 0.244 e. The standard InChI is InChI=1S/C18H26N2O/c1-4-5-6-11-20-16(19-18(9-10-18)17(20)21)15-8-7-13(2)12-14(15)3/h7-8,12,16,19H,4-6,9-11H2,1-3H3. The van der Waals surface area contributed by atoms with Crippen molar-refractivity contribution < 1.29 is 4.79 Å². The van der Waals surface area contributed by atoms with Crippen LogP contribution in [0, 0.1) is 13.8 Å². The molecule has 1 amide bonds. The zero-order chi connectivity index (χ0) is 15.0. The highest BCUT2D eigenvalue weighted by Crippen LogP contribution is 2.46. The minimum atomic E-state index is -0.228. The van der Waals surface area contributed by atoms with Crippen molar-refractivity contribution in [2.75, 3.05) is 6.54 Å². The Kier molecular flexibility index (Phi) is 3.78. The summed E-state index contributed by atoms with van der Waals surface area (Å²) in [5.74, 6) is 0.323. The molecule has 1 aliphatic carbocycles. The van der Waals surface area contributed by atoms with E-state index in [0.29, 0.717) is 5.91 Å². The first kappa shape index (κ1) is 14.6. The Morgan fingerprint density at radius 3 is 2.67 bits per heavy atom. The Balaban J connectivity index is 1.85. The van der Waals surface area contributed by atoms with Crippen LogP contribution in [0.25, 0.3) is 0 Å². The molecule has 1 aromatic rings. The minimum absolute atomic E-state index is 0.0671. The molecule has 0 aromatic heterocycles. The fourth-order valence-electron chi connectivity index (χ4n) is 3.42. The quantitative estimate of drug-likeness (QED) is 0.841. The summed E-state index contributed by atoms with van der Waals surface area (Å²) in [6, 6.07) is 6.55. The number of amides is 1. The predicted molar refractivity (Wildman–Crippen MR) is 85.0 cm³/mol. The van der Waals surface area contributed by atoms with Gasteiger partial charge in [-0.1, -0.05) is 43.5 Å². The Morgan fingerprint density at radius 1 is 1.29 bits per heavy atom. The lowest BCUT2D eigenvalue weighted by atomic mass is 10.0. The molecule has 3 heteroatoms. The highest BCUT2D eigenvalue weighted by molar-refractivity contribution is 5.92. The van der Waals surface area contributed by atoms with Crippen LogP contribution in [-0.2, 0) is 4.79 Å². The van der Waals surface area contributed by atoms with Gasteiger partial charge >= 0.3 is 0 Å². The van der Waals surface area contributed by atoms with E-state index in [4.69, 9.17) is 0 Å². The second-order valence-electron chi connectivity index (χ2n) is 6.69. The highest BCUT2D eigenvalue weighted by atomic mass is 16.2. The number of nitrogens with one attached hydrogen (secondary N) is 1. The molecule has 1 unspecified atom stereocenters. The molecule has 114 valence electrons. The summed E-state index contributed by atoms with van der Waals surface area (Å²) in [5, 5.41) is 3.62. The summed E-state index contributed by atoms with van der Waals surface area (Å²) in [5.41, 5.74) is 3.58. The van der Waals surface area contributed by atoms with E-state index in [1.54, 1.807) is 0 Å². The minimum Gasteiger partial charge on any atom is -0.321 e. The van der Waals surface area contributed by atoms with Gasteiger partial charge in [0.25, 0.3) is 0 Å². The van der Waals surface area contributed by atoms with Gasteiger partial charge < -0.3 is 4.90 Å². The number of aryl methyl sites for hydroxylation is 2. The molecule has 1 aromatic carbocycles. The molecule has 1 spiro atoms. The van der Waals surface area contributed by atoms with Crippen LogP contribution in [-0.4, -0.2) is 22.9 Å². The van der Waals surface area contributed by atoms with Crippen LogP contribution in [0.5, 0.6) is 0 Å². The van der Waals surface area contributed by atoms with Gasteiger partial charge in [-0.05, 0) is 44.2 Å². The second-order valence-corrected chi connectivity index (χ2v) is 6.69. The maximum Gasteiger partial charge on any atom is 0.244 e. The lowest BCUT2D eigenvalue weighted by Crippen LogP contribution is -2.33. The summed E-state index contributed by atoms with van der Waals surface area (Å²) < 4.78 is 0. The van der Waals surface area contributed by atoms with E-state index in [0.717, 1.165) is 25.8 Å². The molecule has 2 aliphatic rings. The Morgan fingerprint density at radius 2 is 2.05 bits per heavy atom. The van der Waals surface area contributed by atoms with Crippen LogP contribution in [0.3, 0.4) is 0 Å². The molecule has 1 N–H and O–H groups in total. The van der Waals surface area contributed by atoms with Crippen LogP contribution in [0.1, 0.15) is 61.9 Å². The summed E-state index contributed by atoms with van der Waals surface area (Å²) in [4.78, 5) is 14.8. The van der Waals surface area contributed by atoms with E-state index in [1.807, 2.05) is 0 Å². The van der Waals surface area contributed by atoms with E-state index in [9.17, 15) is 4.79 Å². The van der Waals surface area contributed by atoms with Crippen LogP contribution >= 0.6 is 0 Å². The Labute approximate surface area is 127 Å². The molecule has 21 heavy (non-hydrogen) atoms. The molecule has 1 saturated heterocycles. The van der Waals surface area contributed by atoms with Crippen molar-refractivity contribution in [1.82, 2.24) is 10.2 Å². The zero-order valence-electron chi connectivity index (χ0n) is 13.4. The average Bonchev–Trinajstić information content (AvgIpc) is 3.17. The van der Waals surface area contributed by atoms with E-state index in [-0.39, 0.29) is 11.7 Å². The summed E-state index contributed by atoms with van der Waals surface area (Å²) in [6.45, 7) is 7.34. The van der Waals surface area contributed by atoms with Gasteiger partial charge in [0.15, 0.2) is 0 Å². The predicted octanol–water partition coefficient (Wildman–Crippen LogP) is 3.46. The largest absolute Gasteiger partial charge is 0.321 e. The van der Waals surface area contributed by atoms with E-state index >= 15 is 0 Å². The summed E-state index contributed by atoms with van der Waals surface area (Å²) in [7, 11) is 0. The Hall–Kier alpha value is -1.35. The SMILES string of the molecule is CCCCCN1C(=O)C2(CC2)NC1c1ccc(C)cc1C. The third kappa shape index (κ3) is 2.59. The van der Waals surface area contributed by atoms with Gasteiger partial charge in [0.1, 0.15) is 11.7 Å². The van der Waals surface area contributed by atoms with Gasteiger partial charge in [-0.3, -0.25) is 10.1 Å². The number of benzene rings is 1. The molecule has 1 heterocycles. The number of unbranched alkanes of at least 4 members (excludes halogenated alkanes) is 2. The lowest BCUT2D eigenvalue weighted by molar-refractivity contribution is -0.130. The maximum absolute atomic E-state index is 12.7. The monoisotopic (exact) mass is 286 g/mol. The molecule has 0 radical (unpaired) electrons. The first-order valence-electron chi connectivity index (χ1n) is 8.23. The highest BCUT2D eigenvalue weighted by Gasteiger charge is 2.59. The topological polar surface area (TPSA) is 32.3 Å². The van der Waals surface area contributed by atoms with Crippen LogP contribution in [0.15, 0.2) is 18.2 Å². The number of hydrogen-bond donors (Lipinski definition) is 1.